The van der Waals surface area contributed by atoms with Crippen molar-refractivity contribution in [1.82, 2.24) is 0 Å². The van der Waals surface area contributed by atoms with Gasteiger partial charge in [0, 0.05) is 33.4 Å². The van der Waals surface area contributed by atoms with E-state index in [1.165, 1.54) is 14.2 Å². The number of carbonyl (C=O) groups excluding carboxylic acids is 2. The fourth-order valence-electron chi connectivity index (χ4n) is 5.62. The molecule has 0 bridgehead atoms. The van der Waals surface area contributed by atoms with E-state index in [2.05, 4.69) is 0 Å². The molecular weight excluding hydrogens is 536 g/mol. The van der Waals surface area contributed by atoms with Crippen LogP contribution in [-0.2, 0) is 19.3 Å². The van der Waals surface area contributed by atoms with Crippen LogP contribution < -0.4 is 0 Å². The normalized spacial score (nSPS) is 12.7. The molecule has 0 aliphatic carbocycles. The molecule has 0 radical (unpaired) electrons. The van der Waals surface area contributed by atoms with Crippen LogP contribution in [0.15, 0.2) is 119 Å². The van der Waals surface area contributed by atoms with E-state index in [1.54, 1.807) is 48.5 Å². The van der Waals surface area contributed by atoms with Crippen molar-refractivity contribution in [2.24, 2.45) is 0 Å². The van der Waals surface area contributed by atoms with Crippen LogP contribution in [0.3, 0.4) is 0 Å². The first-order valence-electron chi connectivity index (χ1n) is 12.9. The Morgan fingerprint density at radius 3 is 1.20 bits per heavy atom. The SMILES string of the molecule is COC(=O)c1c(C(=O)OC)c(-c2ccccc2)c2c(c1-c1ccccc1)-c1ccccc1S(=O)(=O)c1ccccc1-2. The number of rotatable bonds is 4. The second-order valence-electron chi connectivity index (χ2n) is 9.46. The summed E-state index contributed by atoms with van der Waals surface area (Å²) in [6.45, 7) is 0. The maximum atomic E-state index is 14.2. The Morgan fingerprint density at radius 2 is 0.829 bits per heavy atom. The van der Waals surface area contributed by atoms with Crippen LogP contribution >= 0.6 is 0 Å². The fourth-order valence-corrected chi connectivity index (χ4v) is 7.29. The Balaban J connectivity index is 2.02. The minimum absolute atomic E-state index is 0.00487. The average molecular weight is 561 g/mol. The van der Waals surface area contributed by atoms with Gasteiger partial charge in [-0.1, -0.05) is 97.1 Å². The zero-order valence-corrected chi connectivity index (χ0v) is 23.1. The van der Waals surface area contributed by atoms with Crippen molar-refractivity contribution in [3.05, 3.63) is 120 Å². The van der Waals surface area contributed by atoms with E-state index in [4.69, 9.17) is 9.47 Å². The van der Waals surface area contributed by atoms with Gasteiger partial charge in [-0.2, -0.15) is 0 Å². The van der Waals surface area contributed by atoms with Gasteiger partial charge in [0.2, 0.25) is 9.84 Å². The molecule has 5 aromatic carbocycles. The van der Waals surface area contributed by atoms with E-state index in [0.717, 1.165) is 0 Å². The third-order valence-corrected chi connectivity index (χ3v) is 9.17. The second-order valence-corrected chi connectivity index (χ2v) is 11.3. The number of hydrogen-bond donors (Lipinski definition) is 0. The zero-order chi connectivity index (χ0) is 28.7. The molecular formula is C34H24O6S. The van der Waals surface area contributed by atoms with Crippen molar-refractivity contribution in [3.63, 3.8) is 0 Å². The molecule has 0 spiro atoms. The lowest BCUT2D eigenvalue weighted by Gasteiger charge is -2.25. The molecule has 0 saturated carbocycles. The van der Waals surface area contributed by atoms with Gasteiger partial charge in [-0.05, 0) is 23.3 Å². The topological polar surface area (TPSA) is 86.7 Å². The van der Waals surface area contributed by atoms with E-state index >= 15 is 0 Å². The first-order chi connectivity index (χ1) is 19.9. The quantitative estimate of drug-likeness (QED) is 0.214. The van der Waals surface area contributed by atoms with Gasteiger partial charge in [-0.15, -0.1) is 0 Å². The van der Waals surface area contributed by atoms with Gasteiger partial charge in [-0.3, -0.25) is 0 Å². The smallest absolute Gasteiger partial charge is 0.339 e. The first kappa shape index (κ1) is 26.2. The number of sulfone groups is 1. The second kappa shape index (κ2) is 10.2. The van der Waals surface area contributed by atoms with Crippen molar-refractivity contribution in [2.45, 2.75) is 9.79 Å². The molecule has 7 heteroatoms. The number of hydrogen-bond acceptors (Lipinski definition) is 6. The van der Waals surface area contributed by atoms with E-state index in [9.17, 15) is 18.0 Å². The molecule has 6 nitrogen and oxygen atoms in total. The van der Waals surface area contributed by atoms with E-state index in [1.807, 2.05) is 60.7 Å². The summed E-state index contributed by atoms with van der Waals surface area (Å²) in [4.78, 5) is 27.7. The monoisotopic (exact) mass is 560 g/mol. The molecule has 5 aromatic rings. The van der Waals surface area contributed by atoms with Gasteiger partial charge in [0.1, 0.15) is 0 Å². The highest BCUT2D eigenvalue weighted by atomic mass is 32.2. The summed E-state index contributed by atoms with van der Waals surface area (Å²) in [6.07, 6.45) is 0. The number of carbonyl (C=O) groups is 2. The molecule has 0 amide bonds. The first-order valence-corrected chi connectivity index (χ1v) is 14.3. The average Bonchev–Trinajstić information content (AvgIpc) is 3.11. The van der Waals surface area contributed by atoms with Gasteiger partial charge >= 0.3 is 11.9 Å². The van der Waals surface area contributed by atoms with Crippen molar-refractivity contribution in [1.29, 1.82) is 0 Å². The number of esters is 2. The van der Waals surface area contributed by atoms with E-state index < -0.39 is 21.8 Å². The minimum Gasteiger partial charge on any atom is -0.465 e. The van der Waals surface area contributed by atoms with Crippen LogP contribution in [0.4, 0.5) is 0 Å². The van der Waals surface area contributed by atoms with Crippen LogP contribution in [0.5, 0.6) is 0 Å². The molecule has 0 atom stereocenters. The molecule has 0 N–H and O–H groups in total. The van der Waals surface area contributed by atoms with Crippen LogP contribution in [0.1, 0.15) is 20.7 Å². The molecule has 1 aliphatic rings. The maximum Gasteiger partial charge on any atom is 0.339 e. The molecule has 6 rings (SSSR count). The predicted molar refractivity (Wildman–Crippen MR) is 156 cm³/mol. The van der Waals surface area contributed by atoms with E-state index in [0.29, 0.717) is 44.5 Å². The van der Waals surface area contributed by atoms with Gasteiger partial charge in [0.05, 0.1) is 35.1 Å². The van der Waals surface area contributed by atoms with Crippen molar-refractivity contribution in [3.8, 4) is 44.5 Å². The predicted octanol–water partition coefficient (Wildman–Crippen LogP) is 7.07. The number of fused-ring (bicyclic) bond motifs is 5. The Morgan fingerprint density at radius 1 is 0.488 bits per heavy atom. The highest BCUT2D eigenvalue weighted by molar-refractivity contribution is 7.91. The fraction of sp³-hybridized carbons (Fsp3) is 0.0588. The molecule has 0 aromatic heterocycles. The highest BCUT2D eigenvalue weighted by Crippen LogP contribution is 2.54. The van der Waals surface area contributed by atoms with Crippen molar-refractivity contribution >= 4 is 21.8 Å². The van der Waals surface area contributed by atoms with Gasteiger partial charge < -0.3 is 9.47 Å². The maximum absolute atomic E-state index is 14.2. The minimum atomic E-state index is -4.01. The number of methoxy groups -OCH3 is 2. The Hall–Kier alpha value is -5.01. The summed E-state index contributed by atoms with van der Waals surface area (Å²) in [7, 11) is -1.51. The standard InChI is InChI=1S/C34H24O6S/c1-39-33(35)31-27(21-13-5-3-6-14-21)29-23-17-9-11-19-25(23)41(37,38)26-20-12-10-18-24(26)30(29)28(32(31)34(36)40-2)22-15-7-4-8-16-22/h3-20H,1-2H3. The summed E-state index contributed by atoms with van der Waals surface area (Å²) in [6, 6.07) is 31.7. The van der Waals surface area contributed by atoms with Crippen molar-refractivity contribution < 1.29 is 27.5 Å². The highest BCUT2D eigenvalue weighted by Gasteiger charge is 2.39. The summed E-state index contributed by atoms with van der Waals surface area (Å²) in [5, 5.41) is 0. The van der Waals surface area contributed by atoms with Gasteiger partial charge in [0.15, 0.2) is 0 Å². The lowest BCUT2D eigenvalue weighted by molar-refractivity contribution is 0.0556. The molecule has 1 heterocycles. The zero-order valence-electron chi connectivity index (χ0n) is 22.3. The lowest BCUT2D eigenvalue weighted by Crippen LogP contribution is -2.17. The molecule has 41 heavy (non-hydrogen) atoms. The summed E-state index contributed by atoms with van der Waals surface area (Å²) < 4.78 is 39.1. The lowest BCUT2D eigenvalue weighted by atomic mass is 9.77. The molecule has 1 aliphatic heterocycles. The molecule has 0 saturated heterocycles. The Kier molecular flexibility index (Phi) is 6.52. The van der Waals surface area contributed by atoms with E-state index in [-0.39, 0.29) is 20.9 Å². The Bertz CT molecular complexity index is 1810. The largest absolute Gasteiger partial charge is 0.465 e. The molecule has 0 fully saturated rings. The van der Waals surface area contributed by atoms with Gasteiger partial charge in [-0.25, -0.2) is 18.0 Å². The summed E-state index contributed by atoms with van der Waals surface area (Å²) in [5.41, 5.74) is 3.82. The third-order valence-electron chi connectivity index (χ3n) is 7.30. The Labute approximate surface area is 237 Å². The van der Waals surface area contributed by atoms with Crippen LogP contribution in [0.25, 0.3) is 44.5 Å². The van der Waals surface area contributed by atoms with Crippen LogP contribution in [-0.4, -0.2) is 34.6 Å². The van der Waals surface area contributed by atoms with Gasteiger partial charge in [0.25, 0.3) is 0 Å². The molecule has 0 unspecified atom stereocenters. The van der Waals surface area contributed by atoms with Crippen LogP contribution in [0, 0.1) is 0 Å². The van der Waals surface area contributed by atoms with Crippen molar-refractivity contribution in [2.75, 3.05) is 14.2 Å². The summed E-state index contributed by atoms with van der Waals surface area (Å²) in [5.74, 6) is -1.50. The summed E-state index contributed by atoms with van der Waals surface area (Å²) >= 11 is 0. The molecule has 202 valence electrons. The third kappa shape index (κ3) is 4.05. The number of benzene rings is 5. The number of ether oxygens (including phenoxy) is 2. The van der Waals surface area contributed by atoms with Crippen LogP contribution in [0.2, 0.25) is 0 Å².